The van der Waals surface area contributed by atoms with Crippen LogP contribution < -0.4 is 9.47 Å². The maximum atomic E-state index is 12.8. The zero-order valence-electron chi connectivity index (χ0n) is 16.5. The molecule has 1 aliphatic heterocycles. The van der Waals surface area contributed by atoms with Crippen LogP contribution in [-0.2, 0) is 11.3 Å². The van der Waals surface area contributed by atoms with Crippen LogP contribution in [0.3, 0.4) is 0 Å². The lowest BCUT2D eigenvalue weighted by Crippen LogP contribution is -2.27. The highest BCUT2D eigenvalue weighted by molar-refractivity contribution is 8.18. The van der Waals surface area contributed by atoms with Gasteiger partial charge in [0.05, 0.1) is 25.7 Å². The molecule has 5 nitrogen and oxygen atoms in total. The third-order valence-corrected chi connectivity index (χ3v) is 6.48. The van der Waals surface area contributed by atoms with E-state index in [9.17, 15) is 9.59 Å². The molecule has 2 aromatic carbocycles. The van der Waals surface area contributed by atoms with Crippen molar-refractivity contribution in [3.8, 4) is 22.6 Å². The van der Waals surface area contributed by atoms with Crippen molar-refractivity contribution >= 4 is 40.3 Å². The van der Waals surface area contributed by atoms with Gasteiger partial charge < -0.3 is 9.47 Å². The third kappa shape index (κ3) is 4.27. The Balaban J connectivity index is 1.49. The molecule has 0 spiro atoms. The van der Waals surface area contributed by atoms with Crippen LogP contribution >= 0.6 is 23.1 Å². The van der Waals surface area contributed by atoms with E-state index in [0.717, 1.165) is 44.8 Å². The summed E-state index contributed by atoms with van der Waals surface area (Å²) in [5.74, 6) is 1.28. The number of methoxy groups -OCH3 is 2. The smallest absolute Gasteiger partial charge is 0.293 e. The Labute approximate surface area is 182 Å². The molecule has 1 aromatic heterocycles. The fourth-order valence-corrected chi connectivity index (χ4v) is 4.79. The molecular weight excluding hydrogens is 418 g/mol. The molecule has 0 atom stereocenters. The van der Waals surface area contributed by atoms with Gasteiger partial charge in [-0.1, -0.05) is 24.3 Å². The minimum Gasteiger partial charge on any atom is -0.497 e. The molecule has 1 fully saturated rings. The van der Waals surface area contributed by atoms with Crippen LogP contribution in [0.1, 0.15) is 10.4 Å². The molecule has 4 rings (SSSR count). The van der Waals surface area contributed by atoms with Gasteiger partial charge in [-0.3, -0.25) is 14.5 Å². The number of rotatable bonds is 6. The van der Waals surface area contributed by atoms with Gasteiger partial charge in [0.25, 0.3) is 11.1 Å². The number of hydrogen-bond acceptors (Lipinski definition) is 6. The molecule has 2 amide bonds. The van der Waals surface area contributed by atoms with E-state index >= 15 is 0 Å². The second-order valence-corrected chi connectivity index (χ2v) is 8.52. The SMILES string of the molecule is COc1ccc(CN2C(=O)S/C(=C\c3cc(-c4ccc(OC)cc4)cs3)C2=O)cc1. The fraction of sp³-hybridized carbons (Fsp3) is 0.130. The lowest BCUT2D eigenvalue weighted by molar-refractivity contribution is -0.123. The number of amides is 2. The topological polar surface area (TPSA) is 55.8 Å². The van der Waals surface area contributed by atoms with Crippen molar-refractivity contribution in [1.82, 2.24) is 4.90 Å². The van der Waals surface area contributed by atoms with Crippen LogP contribution in [0.5, 0.6) is 11.5 Å². The van der Waals surface area contributed by atoms with Gasteiger partial charge in [-0.2, -0.15) is 0 Å². The molecule has 3 aromatic rings. The molecule has 2 heterocycles. The maximum Gasteiger partial charge on any atom is 0.293 e. The van der Waals surface area contributed by atoms with Gasteiger partial charge in [0.2, 0.25) is 0 Å². The summed E-state index contributed by atoms with van der Waals surface area (Å²) in [5, 5.41) is 1.78. The van der Waals surface area contributed by atoms with Gasteiger partial charge in [0, 0.05) is 4.88 Å². The van der Waals surface area contributed by atoms with Gasteiger partial charge in [-0.25, -0.2) is 0 Å². The lowest BCUT2D eigenvalue weighted by Gasteiger charge is -2.12. The van der Waals surface area contributed by atoms with Crippen molar-refractivity contribution in [2.45, 2.75) is 6.54 Å². The molecule has 1 saturated heterocycles. The van der Waals surface area contributed by atoms with E-state index in [1.54, 1.807) is 20.3 Å². The minimum absolute atomic E-state index is 0.244. The first kappa shape index (κ1) is 20.3. The Morgan fingerprint density at radius 3 is 2.17 bits per heavy atom. The normalized spacial score (nSPS) is 15.1. The van der Waals surface area contributed by atoms with Gasteiger partial charge in [-0.15, -0.1) is 11.3 Å². The Hall–Kier alpha value is -3.03. The van der Waals surface area contributed by atoms with Crippen molar-refractivity contribution in [2.75, 3.05) is 14.2 Å². The zero-order chi connectivity index (χ0) is 21.1. The van der Waals surface area contributed by atoms with Crippen molar-refractivity contribution in [1.29, 1.82) is 0 Å². The van der Waals surface area contributed by atoms with Gasteiger partial charge in [0.15, 0.2) is 0 Å². The monoisotopic (exact) mass is 437 g/mol. The summed E-state index contributed by atoms with van der Waals surface area (Å²) in [4.78, 5) is 27.8. The number of benzene rings is 2. The van der Waals surface area contributed by atoms with Crippen LogP contribution in [0.25, 0.3) is 17.2 Å². The molecule has 0 unspecified atom stereocenters. The first-order valence-electron chi connectivity index (χ1n) is 9.18. The molecule has 1 aliphatic rings. The van der Waals surface area contributed by atoms with E-state index in [2.05, 4.69) is 0 Å². The average molecular weight is 438 g/mol. The molecular formula is C23H19NO4S2. The largest absolute Gasteiger partial charge is 0.497 e. The van der Waals surface area contributed by atoms with E-state index in [0.29, 0.717) is 4.91 Å². The summed E-state index contributed by atoms with van der Waals surface area (Å²) in [5.41, 5.74) is 3.00. The molecule has 0 N–H and O–H groups in total. The number of ether oxygens (including phenoxy) is 2. The Morgan fingerprint density at radius 2 is 1.53 bits per heavy atom. The number of hydrogen-bond donors (Lipinski definition) is 0. The van der Waals surface area contributed by atoms with Crippen molar-refractivity contribution in [3.63, 3.8) is 0 Å². The van der Waals surface area contributed by atoms with E-state index in [1.807, 2.05) is 60.0 Å². The second kappa shape index (κ2) is 8.77. The number of imide groups is 1. The van der Waals surface area contributed by atoms with Crippen LogP contribution in [0, 0.1) is 0 Å². The highest BCUT2D eigenvalue weighted by Gasteiger charge is 2.35. The van der Waals surface area contributed by atoms with E-state index in [4.69, 9.17) is 9.47 Å². The van der Waals surface area contributed by atoms with Crippen LogP contribution in [0.15, 0.2) is 64.9 Å². The van der Waals surface area contributed by atoms with E-state index < -0.39 is 0 Å². The summed E-state index contributed by atoms with van der Waals surface area (Å²) in [7, 11) is 3.24. The van der Waals surface area contributed by atoms with Crippen molar-refractivity contribution in [2.24, 2.45) is 0 Å². The fourth-order valence-electron chi connectivity index (χ4n) is 3.04. The summed E-state index contributed by atoms with van der Waals surface area (Å²) in [6.45, 7) is 0.244. The molecule has 30 heavy (non-hydrogen) atoms. The number of thiophene rings is 1. The summed E-state index contributed by atoms with van der Waals surface area (Å²) >= 11 is 2.51. The van der Waals surface area contributed by atoms with Gasteiger partial charge >= 0.3 is 0 Å². The number of carbonyl (C=O) groups is 2. The Bertz CT molecular complexity index is 1100. The Morgan fingerprint density at radius 1 is 0.900 bits per heavy atom. The average Bonchev–Trinajstić information content (AvgIpc) is 3.35. The zero-order valence-corrected chi connectivity index (χ0v) is 18.1. The predicted octanol–water partition coefficient (Wildman–Crippen LogP) is 5.67. The van der Waals surface area contributed by atoms with Crippen LogP contribution in [-0.4, -0.2) is 30.3 Å². The highest BCUT2D eigenvalue weighted by atomic mass is 32.2. The van der Waals surface area contributed by atoms with E-state index in [-0.39, 0.29) is 17.7 Å². The van der Waals surface area contributed by atoms with Gasteiger partial charge in [-0.05, 0) is 70.2 Å². The molecule has 7 heteroatoms. The Kier molecular flexibility index (Phi) is 5.92. The maximum absolute atomic E-state index is 12.8. The first-order chi connectivity index (χ1) is 14.6. The molecule has 0 saturated carbocycles. The summed E-state index contributed by atoms with van der Waals surface area (Å²) < 4.78 is 10.3. The predicted molar refractivity (Wildman–Crippen MR) is 121 cm³/mol. The number of thioether (sulfide) groups is 1. The van der Waals surface area contributed by atoms with Gasteiger partial charge in [0.1, 0.15) is 11.5 Å². The second-order valence-electron chi connectivity index (χ2n) is 6.58. The first-order valence-corrected chi connectivity index (χ1v) is 10.9. The van der Waals surface area contributed by atoms with Crippen LogP contribution in [0.4, 0.5) is 4.79 Å². The standard InChI is InChI=1S/C23H19NO4S2/c1-27-18-7-3-15(4-8-18)13-24-22(25)21(30-23(24)26)12-20-11-17(14-29-20)16-5-9-19(28-2)10-6-16/h3-12,14H,13H2,1-2H3/b21-12-. The van der Waals surface area contributed by atoms with Crippen molar-refractivity contribution in [3.05, 3.63) is 75.3 Å². The quantitative estimate of drug-likeness (QED) is 0.465. The minimum atomic E-state index is -0.264. The molecule has 152 valence electrons. The highest BCUT2D eigenvalue weighted by Crippen LogP contribution is 2.35. The van der Waals surface area contributed by atoms with Crippen LogP contribution in [0.2, 0.25) is 0 Å². The molecule has 0 bridgehead atoms. The molecule has 0 aliphatic carbocycles. The number of carbonyl (C=O) groups excluding carboxylic acids is 2. The lowest BCUT2D eigenvalue weighted by atomic mass is 10.1. The van der Waals surface area contributed by atoms with E-state index in [1.165, 1.54) is 16.2 Å². The number of nitrogens with zero attached hydrogens (tertiary/aromatic N) is 1. The van der Waals surface area contributed by atoms with Crippen molar-refractivity contribution < 1.29 is 19.1 Å². The summed E-state index contributed by atoms with van der Waals surface area (Å²) in [6, 6.07) is 17.2. The summed E-state index contributed by atoms with van der Waals surface area (Å²) in [6.07, 6.45) is 1.79. The molecule has 0 radical (unpaired) electrons. The third-order valence-electron chi connectivity index (χ3n) is 4.69.